The lowest BCUT2D eigenvalue weighted by Crippen LogP contribution is -2.43. The van der Waals surface area contributed by atoms with Crippen LogP contribution in [0, 0.1) is 16.7 Å². The van der Waals surface area contributed by atoms with E-state index in [1.165, 1.54) is 0 Å². The molecule has 1 heterocycles. The maximum Gasteiger partial charge on any atom is 0.108 e. The molecule has 0 N–H and O–H groups in total. The van der Waals surface area contributed by atoms with Crippen LogP contribution in [-0.4, -0.2) is 13.2 Å². The van der Waals surface area contributed by atoms with Crippen LogP contribution in [0.3, 0.4) is 0 Å². The third-order valence-corrected chi connectivity index (χ3v) is 2.70. The molecule has 0 radical (unpaired) electrons. The van der Waals surface area contributed by atoms with Gasteiger partial charge in [-0.05, 0) is 24.1 Å². The molecule has 1 aliphatic heterocycles. The Morgan fingerprint density at radius 1 is 1.36 bits per heavy atom. The molecule has 0 spiro atoms. The molecule has 1 aromatic rings. The van der Waals surface area contributed by atoms with E-state index in [4.69, 9.17) is 21.6 Å². The van der Waals surface area contributed by atoms with E-state index < -0.39 is 0 Å². The van der Waals surface area contributed by atoms with E-state index in [0.29, 0.717) is 13.2 Å². The third-order valence-electron chi connectivity index (χ3n) is 2.45. The van der Waals surface area contributed by atoms with Crippen LogP contribution >= 0.6 is 11.6 Å². The number of rotatable bonds is 2. The molecular formula is C11H10ClNO. The molecule has 0 aliphatic carbocycles. The van der Waals surface area contributed by atoms with Crippen LogP contribution in [0.2, 0.25) is 5.02 Å². The normalized spacial score (nSPS) is 18.3. The summed E-state index contributed by atoms with van der Waals surface area (Å²) in [5.41, 5.74) is 0.840. The number of hydrogen-bond donors (Lipinski definition) is 0. The zero-order valence-electron chi connectivity index (χ0n) is 7.66. The Morgan fingerprint density at radius 2 is 2.00 bits per heavy atom. The van der Waals surface area contributed by atoms with E-state index in [2.05, 4.69) is 6.07 Å². The largest absolute Gasteiger partial charge is 0.378 e. The maximum absolute atomic E-state index is 9.00. The van der Waals surface area contributed by atoms with Gasteiger partial charge in [0.05, 0.1) is 19.3 Å². The molecule has 0 amide bonds. The lowest BCUT2D eigenvalue weighted by atomic mass is 9.81. The molecule has 1 saturated heterocycles. The van der Waals surface area contributed by atoms with Crippen LogP contribution in [-0.2, 0) is 11.2 Å². The Labute approximate surface area is 88.1 Å². The van der Waals surface area contributed by atoms with Crippen molar-refractivity contribution in [3.8, 4) is 6.07 Å². The number of nitrogens with zero attached hydrogens (tertiary/aromatic N) is 1. The van der Waals surface area contributed by atoms with Crippen LogP contribution < -0.4 is 0 Å². The summed E-state index contributed by atoms with van der Waals surface area (Å²) in [6, 6.07) is 9.93. The molecule has 0 atom stereocenters. The third kappa shape index (κ3) is 1.75. The summed E-state index contributed by atoms with van der Waals surface area (Å²) in [5, 5.41) is 9.72. The fourth-order valence-corrected chi connectivity index (χ4v) is 1.67. The first kappa shape index (κ1) is 9.51. The highest BCUT2D eigenvalue weighted by Crippen LogP contribution is 2.31. The van der Waals surface area contributed by atoms with E-state index in [0.717, 1.165) is 17.0 Å². The van der Waals surface area contributed by atoms with E-state index >= 15 is 0 Å². The Morgan fingerprint density at radius 3 is 2.43 bits per heavy atom. The van der Waals surface area contributed by atoms with E-state index in [1.807, 2.05) is 24.3 Å². The van der Waals surface area contributed by atoms with E-state index in [9.17, 15) is 0 Å². The number of hydrogen-bond acceptors (Lipinski definition) is 2. The minimum absolute atomic E-state index is 0.298. The van der Waals surface area contributed by atoms with Crippen molar-refractivity contribution in [1.29, 1.82) is 5.26 Å². The molecule has 1 aliphatic rings. The lowest BCUT2D eigenvalue weighted by Gasteiger charge is -2.35. The predicted octanol–water partition coefficient (Wildman–Crippen LogP) is 2.42. The Hall–Kier alpha value is -1.04. The van der Waals surface area contributed by atoms with Crippen LogP contribution in [0.4, 0.5) is 0 Å². The maximum atomic E-state index is 9.00. The number of ether oxygens (including phenoxy) is 1. The second-order valence-corrected chi connectivity index (χ2v) is 4.12. The van der Waals surface area contributed by atoms with Crippen molar-refractivity contribution in [2.75, 3.05) is 13.2 Å². The van der Waals surface area contributed by atoms with Crippen molar-refractivity contribution in [2.45, 2.75) is 6.42 Å². The van der Waals surface area contributed by atoms with Crippen molar-refractivity contribution in [3.63, 3.8) is 0 Å². The van der Waals surface area contributed by atoms with Crippen molar-refractivity contribution < 1.29 is 4.74 Å². The fourth-order valence-electron chi connectivity index (χ4n) is 1.55. The van der Waals surface area contributed by atoms with Gasteiger partial charge in [-0.2, -0.15) is 5.26 Å². The van der Waals surface area contributed by atoms with Gasteiger partial charge in [-0.1, -0.05) is 23.7 Å². The molecule has 2 rings (SSSR count). The monoisotopic (exact) mass is 207 g/mol. The van der Waals surface area contributed by atoms with Crippen molar-refractivity contribution >= 4 is 11.6 Å². The molecule has 1 aromatic carbocycles. The zero-order valence-corrected chi connectivity index (χ0v) is 8.42. The quantitative estimate of drug-likeness (QED) is 0.746. The summed E-state index contributed by atoms with van der Waals surface area (Å²) in [4.78, 5) is 0. The fraction of sp³-hybridized carbons (Fsp3) is 0.364. The minimum atomic E-state index is -0.298. The van der Waals surface area contributed by atoms with Crippen LogP contribution in [0.5, 0.6) is 0 Å². The van der Waals surface area contributed by atoms with Crippen LogP contribution in [0.15, 0.2) is 24.3 Å². The summed E-state index contributed by atoms with van der Waals surface area (Å²) in [5.74, 6) is 0. The van der Waals surface area contributed by atoms with Crippen LogP contribution in [0.1, 0.15) is 5.56 Å². The average Bonchev–Trinajstić information content (AvgIpc) is 2.15. The number of halogens is 1. The highest BCUT2D eigenvalue weighted by atomic mass is 35.5. The number of benzene rings is 1. The van der Waals surface area contributed by atoms with Gasteiger partial charge in [-0.15, -0.1) is 0 Å². The summed E-state index contributed by atoms with van der Waals surface area (Å²) in [6.45, 7) is 1.10. The highest BCUT2D eigenvalue weighted by Gasteiger charge is 2.38. The molecule has 0 bridgehead atoms. The average molecular weight is 208 g/mol. The van der Waals surface area contributed by atoms with Crippen molar-refractivity contribution in [3.05, 3.63) is 34.9 Å². The molecule has 2 nitrogen and oxygen atoms in total. The molecule has 0 saturated carbocycles. The van der Waals surface area contributed by atoms with Gasteiger partial charge < -0.3 is 4.74 Å². The minimum Gasteiger partial charge on any atom is -0.378 e. The lowest BCUT2D eigenvalue weighted by molar-refractivity contribution is -0.0765. The predicted molar refractivity (Wildman–Crippen MR) is 54.0 cm³/mol. The summed E-state index contributed by atoms with van der Waals surface area (Å²) in [6.07, 6.45) is 0.751. The summed E-state index contributed by atoms with van der Waals surface area (Å²) in [7, 11) is 0. The van der Waals surface area contributed by atoms with E-state index in [1.54, 1.807) is 0 Å². The first-order valence-electron chi connectivity index (χ1n) is 4.48. The van der Waals surface area contributed by atoms with Crippen molar-refractivity contribution in [1.82, 2.24) is 0 Å². The van der Waals surface area contributed by atoms with Gasteiger partial charge in [0, 0.05) is 5.02 Å². The van der Waals surface area contributed by atoms with Gasteiger partial charge >= 0.3 is 0 Å². The standard InChI is InChI=1S/C11H10ClNO/c12-10-3-1-9(2-4-10)5-11(6-13)7-14-8-11/h1-4H,5,7-8H2. The van der Waals surface area contributed by atoms with Crippen molar-refractivity contribution in [2.24, 2.45) is 5.41 Å². The van der Waals surface area contributed by atoms with Gasteiger partial charge in [0.25, 0.3) is 0 Å². The smallest absolute Gasteiger partial charge is 0.108 e. The Balaban J connectivity index is 2.11. The second kappa shape index (κ2) is 3.61. The first-order valence-corrected chi connectivity index (χ1v) is 4.85. The second-order valence-electron chi connectivity index (χ2n) is 3.69. The highest BCUT2D eigenvalue weighted by molar-refractivity contribution is 6.30. The topological polar surface area (TPSA) is 33.0 Å². The van der Waals surface area contributed by atoms with Gasteiger partial charge in [0.2, 0.25) is 0 Å². The summed E-state index contributed by atoms with van der Waals surface area (Å²) < 4.78 is 5.08. The molecule has 72 valence electrons. The van der Waals surface area contributed by atoms with Gasteiger partial charge in [-0.25, -0.2) is 0 Å². The molecular weight excluding hydrogens is 198 g/mol. The SMILES string of the molecule is N#CC1(Cc2ccc(Cl)cc2)COC1. The molecule has 1 fully saturated rings. The van der Waals surface area contributed by atoms with Gasteiger partial charge in [0.1, 0.15) is 5.41 Å². The van der Waals surface area contributed by atoms with E-state index in [-0.39, 0.29) is 5.41 Å². The molecule has 14 heavy (non-hydrogen) atoms. The van der Waals surface area contributed by atoms with Gasteiger partial charge in [0.15, 0.2) is 0 Å². The Bertz CT molecular complexity index is 362. The Kier molecular flexibility index (Phi) is 2.45. The van der Waals surface area contributed by atoms with Crippen LogP contribution in [0.25, 0.3) is 0 Å². The first-order chi connectivity index (χ1) is 6.74. The molecule has 0 unspecified atom stereocenters. The number of nitriles is 1. The summed E-state index contributed by atoms with van der Waals surface area (Å²) >= 11 is 5.77. The molecule has 0 aromatic heterocycles. The zero-order chi connectivity index (χ0) is 10.0. The van der Waals surface area contributed by atoms with Gasteiger partial charge in [-0.3, -0.25) is 0 Å². The molecule has 3 heteroatoms.